The molecule has 310 valence electrons. The zero-order chi connectivity index (χ0) is 43.6. The Morgan fingerprint density at radius 3 is 1.75 bits per heavy atom. The highest BCUT2D eigenvalue weighted by Crippen LogP contribution is 2.52. The molecule has 0 amide bonds. The molecule has 65 heavy (non-hydrogen) atoms. The van der Waals surface area contributed by atoms with Gasteiger partial charge >= 0.3 is 0 Å². The van der Waals surface area contributed by atoms with Crippen LogP contribution in [-0.2, 0) is 5.41 Å². The van der Waals surface area contributed by atoms with Crippen molar-refractivity contribution in [2.75, 3.05) is 4.90 Å². The van der Waals surface area contributed by atoms with Crippen LogP contribution in [0.3, 0.4) is 0 Å². The van der Waals surface area contributed by atoms with Gasteiger partial charge in [-0.1, -0.05) is 185 Å². The molecular weight excluding hydrogens is 823 g/mol. The first-order chi connectivity index (χ1) is 31.9. The fraction of sp³-hybridized carbons (Fsp3) is 0.0645. The van der Waals surface area contributed by atoms with Gasteiger partial charge in [0.05, 0.1) is 11.4 Å². The summed E-state index contributed by atoms with van der Waals surface area (Å²) < 4.78 is 5.19. The summed E-state index contributed by atoms with van der Waals surface area (Å²) in [6.45, 7) is 6.83. The van der Waals surface area contributed by atoms with E-state index in [2.05, 4.69) is 244 Å². The topological polar surface area (TPSA) is 3.24 Å². The molecule has 3 heteroatoms. The Hall–Kier alpha value is -7.30. The zero-order valence-electron chi connectivity index (χ0n) is 36.5. The van der Waals surface area contributed by atoms with Gasteiger partial charge in [-0.2, -0.15) is 0 Å². The lowest BCUT2D eigenvalue weighted by molar-refractivity contribution is 0.590. The quantitative estimate of drug-likeness (QED) is 0.154. The molecular formula is C62H45NS2. The minimum atomic E-state index is 0.0765. The molecule has 0 aliphatic heterocycles. The van der Waals surface area contributed by atoms with E-state index in [1.165, 1.54) is 101 Å². The van der Waals surface area contributed by atoms with Crippen molar-refractivity contribution in [3.63, 3.8) is 0 Å². The van der Waals surface area contributed by atoms with Crippen LogP contribution in [0.5, 0.6) is 0 Å². The lowest BCUT2D eigenvalue weighted by Gasteiger charge is -2.31. The van der Waals surface area contributed by atoms with E-state index in [0.717, 1.165) is 17.1 Å². The molecule has 0 radical (unpaired) electrons. The summed E-state index contributed by atoms with van der Waals surface area (Å²) in [5, 5.41) is 7.58. The minimum Gasteiger partial charge on any atom is -0.309 e. The second-order valence-corrected chi connectivity index (χ2v) is 20.2. The van der Waals surface area contributed by atoms with Gasteiger partial charge in [0, 0.05) is 57.2 Å². The van der Waals surface area contributed by atoms with Crippen molar-refractivity contribution in [1.82, 2.24) is 0 Å². The predicted molar refractivity (Wildman–Crippen MR) is 285 cm³/mol. The average Bonchev–Trinajstić information content (AvgIpc) is 3.93. The van der Waals surface area contributed by atoms with E-state index >= 15 is 0 Å². The predicted octanol–water partition coefficient (Wildman–Crippen LogP) is 19.0. The van der Waals surface area contributed by atoms with E-state index in [1.807, 2.05) is 22.7 Å². The van der Waals surface area contributed by atoms with Crippen molar-refractivity contribution >= 4 is 90.9 Å². The van der Waals surface area contributed by atoms with Crippen LogP contribution < -0.4 is 4.90 Å². The number of fused-ring (bicyclic) bond motifs is 7. The molecule has 0 saturated carbocycles. The van der Waals surface area contributed by atoms with Crippen LogP contribution in [-0.4, -0.2) is 0 Å². The van der Waals surface area contributed by atoms with Crippen LogP contribution in [0.2, 0.25) is 0 Å². The normalized spacial score (nSPS) is 11.9. The van der Waals surface area contributed by atoms with Gasteiger partial charge in [-0.15, -0.1) is 22.7 Å². The molecule has 0 saturated heterocycles. The number of benzene rings is 10. The zero-order valence-corrected chi connectivity index (χ0v) is 38.2. The third-order valence-corrected chi connectivity index (χ3v) is 15.3. The van der Waals surface area contributed by atoms with Gasteiger partial charge in [0.25, 0.3) is 0 Å². The second kappa shape index (κ2) is 15.7. The smallest absolute Gasteiger partial charge is 0.0546 e. The first-order valence-corrected chi connectivity index (χ1v) is 24.0. The molecule has 0 unspecified atom stereocenters. The Bertz CT molecular complexity index is 3750. The van der Waals surface area contributed by atoms with Crippen molar-refractivity contribution in [1.29, 1.82) is 0 Å². The maximum Gasteiger partial charge on any atom is 0.0546 e. The lowest BCUT2D eigenvalue weighted by atomic mass is 9.86. The van der Waals surface area contributed by atoms with Crippen LogP contribution in [0.4, 0.5) is 17.1 Å². The molecule has 0 aliphatic rings. The summed E-state index contributed by atoms with van der Waals surface area (Å²) in [7, 11) is 0. The Labute approximate surface area is 388 Å². The van der Waals surface area contributed by atoms with Gasteiger partial charge in [-0.05, 0) is 110 Å². The summed E-state index contributed by atoms with van der Waals surface area (Å²) >= 11 is 3.73. The van der Waals surface area contributed by atoms with E-state index in [9.17, 15) is 0 Å². The van der Waals surface area contributed by atoms with Gasteiger partial charge in [0.1, 0.15) is 0 Å². The number of nitrogens with zero attached hydrogens (tertiary/aromatic N) is 1. The van der Waals surface area contributed by atoms with Crippen LogP contribution >= 0.6 is 22.7 Å². The number of thiophene rings is 2. The lowest BCUT2D eigenvalue weighted by Crippen LogP contribution is -2.13. The SMILES string of the molecule is CC(C)(C)c1ccc(-c2ccc(N(c3ccc4sc5ccccc5c4c3)c3ccc4ccccc4c3-c3ccccc3-c3cccc4sc5ccccc5c34)c(-c3ccccc3)c2)cc1. The van der Waals surface area contributed by atoms with Crippen molar-refractivity contribution in [3.8, 4) is 44.5 Å². The molecule has 0 N–H and O–H groups in total. The van der Waals surface area contributed by atoms with Gasteiger partial charge in [-0.3, -0.25) is 0 Å². The number of rotatable bonds is 7. The number of hydrogen-bond donors (Lipinski definition) is 0. The van der Waals surface area contributed by atoms with E-state index in [4.69, 9.17) is 0 Å². The first kappa shape index (κ1) is 39.3. The third-order valence-electron chi connectivity index (χ3n) is 13.1. The largest absolute Gasteiger partial charge is 0.309 e. The summed E-state index contributed by atoms with van der Waals surface area (Å²) in [6, 6.07) is 81.4. The third kappa shape index (κ3) is 6.82. The van der Waals surface area contributed by atoms with Crippen molar-refractivity contribution in [2.45, 2.75) is 26.2 Å². The molecule has 0 spiro atoms. The first-order valence-electron chi connectivity index (χ1n) is 22.4. The van der Waals surface area contributed by atoms with E-state index in [1.54, 1.807) is 0 Å². The second-order valence-electron chi connectivity index (χ2n) is 18.0. The Balaban J connectivity index is 1.16. The summed E-state index contributed by atoms with van der Waals surface area (Å²) in [5.74, 6) is 0. The summed E-state index contributed by atoms with van der Waals surface area (Å²) in [5.41, 5.74) is 14.3. The molecule has 12 rings (SSSR count). The Kier molecular flexibility index (Phi) is 9.52. The average molecular weight is 868 g/mol. The molecule has 0 atom stereocenters. The maximum absolute atomic E-state index is 2.54. The van der Waals surface area contributed by atoms with Gasteiger partial charge in [-0.25, -0.2) is 0 Å². The van der Waals surface area contributed by atoms with Gasteiger partial charge in [0.15, 0.2) is 0 Å². The molecule has 10 aromatic carbocycles. The molecule has 0 bridgehead atoms. The fourth-order valence-electron chi connectivity index (χ4n) is 9.85. The minimum absolute atomic E-state index is 0.0765. The van der Waals surface area contributed by atoms with Crippen LogP contribution in [0.1, 0.15) is 26.3 Å². The molecule has 2 heterocycles. The Morgan fingerprint density at radius 1 is 0.354 bits per heavy atom. The number of hydrogen-bond acceptors (Lipinski definition) is 3. The van der Waals surface area contributed by atoms with Crippen LogP contribution in [0, 0.1) is 0 Å². The standard InChI is InChI=1S/C62H45NS2/c1-62(2,3)44-32-28-40(29-33-44)43-31-35-54(52(38-43)41-16-5-4-6-17-41)63(45-34-37-58-53(39-45)48-21-11-13-25-56(48)64-58)55-36-30-42-18-7-8-19-46(42)60(55)49-22-10-9-20-47(49)50-24-15-27-59-61(50)51-23-12-14-26-57(51)65-59/h4-39H,1-3H3. The molecule has 0 fully saturated rings. The Morgan fingerprint density at radius 2 is 0.954 bits per heavy atom. The summed E-state index contributed by atoms with van der Waals surface area (Å²) in [4.78, 5) is 2.54. The maximum atomic E-state index is 2.54. The van der Waals surface area contributed by atoms with Gasteiger partial charge in [0.2, 0.25) is 0 Å². The molecule has 0 aliphatic carbocycles. The highest BCUT2D eigenvalue weighted by Gasteiger charge is 2.26. The van der Waals surface area contributed by atoms with Gasteiger partial charge < -0.3 is 4.90 Å². The molecule has 2 aromatic heterocycles. The monoisotopic (exact) mass is 867 g/mol. The highest BCUT2D eigenvalue weighted by atomic mass is 32.1. The number of anilines is 3. The molecule has 12 aromatic rings. The van der Waals surface area contributed by atoms with Crippen LogP contribution in [0.15, 0.2) is 218 Å². The van der Waals surface area contributed by atoms with E-state index in [0.29, 0.717) is 0 Å². The van der Waals surface area contributed by atoms with Crippen molar-refractivity contribution in [2.24, 2.45) is 0 Å². The van der Waals surface area contributed by atoms with Crippen molar-refractivity contribution in [3.05, 3.63) is 224 Å². The molecule has 1 nitrogen and oxygen atoms in total. The van der Waals surface area contributed by atoms with E-state index in [-0.39, 0.29) is 5.41 Å². The fourth-order valence-corrected chi connectivity index (χ4v) is 12.1. The summed E-state index contributed by atoms with van der Waals surface area (Å²) in [6.07, 6.45) is 0. The van der Waals surface area contributed by atoms with Crippen LogP contribution in [0.25, 0.3) is 95.6 Å². The highest BCUT2D eigenvalue weighted by molar-refractivity contribution is 7.26. The van der Waals surface area contributed by atoms with Crippen molar-refractivity contribution < 1.29 is 0 Å². The van der Waals surface area contributed by atoms with E-state index < -0.39 is 0 Å².